The third-order valence-electron chi connectivity index (χ3n) is 5.51. The van der Waals surface area contributed by atoms with Crippen molar-refractivity contribution in [3.63, 3.8) is 0 Å². The minimum absolute atomic E-state index is 0.142. The molecule has 0 spiro atoms. The summed E-state index contributed by atoms with van der Waals surface area (Å²) in [4.78, 5) is 17.1. The van der Waals surface area contributed by atoms with Crippen LogP contribution in [0.25, 0.3) is 11.1 Å². The van der Waals surface area contributed by atoms with Crippen LogP contribution in [-0.4, -0.2) is 40.4 Å². The van der Waals surface area contributed by atoms with Gasteiger partial charge in [-0.2, -0.15) is 5.10 Å². The molecule has 0 unspecified atom stereocenters. The fourth-order valence-corrected chi connectivity index (χ4v) is 3.98. The molecule has 150 valence electrons. The van der Waals surface area contributed by atoms with Gasteiger partial charge < -0.3 is 10.1 Å². The lowest BCUT2D eigenvalue weighted by atomic mass is 9.74. The quantitative estimate of drug-likeness (QED) is 0.697. The first kappa shape index (κ1) is 19.6. The van der Waals surface area contributed by atoms with Crippen LogP contribution in [0.3, 0.4) is 0 Å². The summed E-state index contributed by atoms with van der Waals surface area (Å²) in [6.45, 7) is 1.85. The molecule has 0 bridgehead atoms. The predicted molar refractivity (Wildman–Crippen MR) is 112 cm³/mol. The normalized spacial score (nSPS) is 15.8. The molecular formula is C22H23ClN4O2. The molecule has 0 saturated carbocycles. The van der Waals surface area contributed by atoms with E-state index < -0.39 is 0 Å². The number of benzene rings is 1. The van der Waals surface area contributed by atoms with Crippen LogP contribution in [-0.2, 0) is 17.2 Å². The average Bonchev–Trinajstić information content (AvgIpc) is 3.19. The number of nitrogens with zero attached hydrogens (tertiary/aromatic N) is 3. The van der Waals surface area contributed by atoms with Gasteiger partial charge in [0.25, 0.3) is 5.91 Å². The van der Waals surface area contributed by atoms with Crippen molar-refractivity contribution in [2.24, 2.45) is 7.05 Å². The van der Waals surface area contributed by atoms with Gasteiger partial charge in [-0.1, -0.05) is 23.7 Å². The summed E-state index contributed by atoms with van der Waals surface area (Å²) < 4.78 is 7.30. The van der Waals surface area contributed by atoms with E-state index in [1.54, 1.807) is 23.3 Å². The van der Waals surface area contributed by atoms with E-state index in [4.69, 9.17) is 16.3 Å². The van der Waals surface area contributed by atoms with Crippen molar-refractivity contribution in [2.75, 3.05) is 19.8 Å². The van der Waals surface area contributed by atoms with Gasteiger partial charge in [0.1, 0.15) is 0 Å². The fraction of sp³-hybridized carbons (Fsp3) is 0.318. The zero-order valence-corrected chi connectivity index (χ0v) is 17.0. The van der Waals surface area contributed by atoms with Gasteiger partial charge in [-0.05, 0) is 36.6 Å². The first-order valence-electron chi connectivity index (χ1n) is 9.62. The fourth-order valence-electron chi connectivity index (χ4n) is 3.79. The van der Waals surface area contributed by atoms with Crippen LogP contribution in [0.4, 0.5) is 0 Å². The third-order valence-corrected chi connectivity index (χ3v) is 5.75. The topological polar surface area (TPSA) is 69.0 Å². The summed E-state index contributed by atoms with van der Waals surface area (Å²) >= 11 is 6.23. The van der Waals surface area contributed by atoms with Crippen LogP contribution < -0.4 is 5.32 Å². The Morgan fingerprint density at radius 3 is 2.76 bits per heavy atom. The van der Waals surface area contributed by atoms with Crippen molar-refractivity contribution in [3.05, 3.63) is 71.3 Å². The minimum atomic E-state index is -0.187. The summed E-state index contributed by atoms with van der Waals surface area (Å²) in [6, 6.07) is 9.73. The molecule has 0 radical (unpaired) electrons. The van der Waals surface area contributed by atoms with Gasteiger partial charge in [0.2, 0.25) is 0 Å². The number of aromatic nitrogens is 3. The molecule has 0 aliphatic carbocycles. The van der Waals surface area contributed by atoms with Crippen LogP contribution >= 0.6 is 11.6 Å². The Kier molecular flexibility index (Phi) is 5.65. The number of hydrogen-bond donors (Lipinski definition) is 1. The number of carbonyl (C=O) groups is 1. The number of pyridine rings is 1. The van der Waals surface area contributed by atoms with Crippen LogP contribution in [0, 0.1) is 0 Å². The number of nitrogens with one attached hydrogen (secondary N) is 1. The smallest absolute Gasteiger partial charge is 0.252 e. The van der Waals surface area contributed by atoms with Crippen LogP contribution in [0.5, 0.6) is 0 Å². The monoisotopic (exact) mass is 410 g/mol. The van der Waals surface area contributed by atoms with E-state index in [1.165, 1.54) is 0 Å². The molecule has 2 aromatic heterocycles. The molecule has 3 heterocycles. The molecule has 3 aromatic rings. The second-order valence-electron chi connectivity index (χ2n) is 7.45. The van der Waals surface area contributed by atoms with E-state index in [-0.39, 0.29) is 11.3 Å². The highest BCUT2D eigenvalue weighted by molar-refractivity contribution is 6.30. The van der Waals surface area contributed by atoms with Crippen molar-refractivity contribution in [1.82, 2.24) is 20.1 Å². The first-order chi connectivity index (χ1) is 14.1. The molecule has 0 atom stereocenters. The molecular weight excluding hydrogens is 388 g/mol. The Morgan fingerprint density at radius 2 is 2.03 bits per heavy atom. The third kappa shape index (κ3) is 4.33. The molecule has 7 heteroatoms. The van der Waals surface area contributed by atoms with Crippen molar-refractivity contribution < 1.29 is 9.53 Å². The zero-order valence-electron chi connectivity index (χ0n) is 16.3. The summed E-state index contributed by atoms with van der Waals surface area (Å²) in [5.41, 5.74) is 3.26. The van der Waals surface area contributed by atoms with Crippen LogP contribution in [0.2, 0.25) is 5.02 Å². The minimum Gasteiger partial charge on any atom is -0.381 e. The maximum atomic E-state index is 12.9. The standard InChI is InChI=1S/C22H23ClN4O2/c1-27-14-18(13-26-27)16-9-17(12-24-11-16)21(28)25-15-22(5-7-29-8-6-22)19-3-2-4-20(23)10-19/h2-4,9-14H,5-8,15H2,1H3,(H,25,28). The van der Waals surface area contributed by atoms with Gasteiger partial charge in [-0.25, -0.2) is 0 Å². The first-order valence-corrected chi connectivity index (χ1v) is 10.00. The van der Waals surface area contributed by atoms with Crippen molar-refractivity contribution in [1.29, 1.82) is 0 Å². The van der Waals surface area contributed by atoms with E-state index in [2.05, 4.69) is 21.5 Å². The average molecular weight is 411 g/mol. The highest BCUT2D eigenvalue weighted by Crippen LogP contribution is 2.35. The molecule has 1 aliphatic heterocycles. The van der Waals surface area contributed by atoms with Crippen LogP contribution in [0.1, 0.15) is 28.8 Å². The Hall–Kier alpha value is -2.70. The zero-order chi connectivity index (χ0) is 20.3. The summed E-state index contributed by atoms with van der Waals surface area (Å²) in [5, 5.41) is 8.00. The van der Waals surface area contributed by atoms with Gasteiger partial charge in [-0.3, -0.25) is 14.5 Å². The van der Waals surface area contributed by atoms with Gasteiger partial charge in [0, 0.05) is 67.0 Å². The largest absolute Gasteiger partial charge is 0.381 e. The number of halogens is 1. The Labute approximate surface area is 174 Å². The highest BCUT2D eigenvalue weighted by Gasteiger charge is 2.35. The molecule has 6 nitrogen and oxygen atoms in total. The van der Waals surface area contributed by atoms with Crippen molar-refractivity contribution in [3.8, 4) is 11.1 Å². The van der Waals surface area contributed by atoms with E-state index in [1.807, 2.05) is 37.5 Å². The maximum absolute atomic E-state index is 12.9. The SMILES string of the molecule is Cn1cc(-c2cncc(C(=O)NCC3(c4cccc(Cl)c4)CCOCC3)c2)cn1. The van der Waals surface area contributed by atoms with Crippen molar-refractivity contribution in [2.45, 2.75) is 18.3 Å². The molecule has 1 fully saturated rings. The number of rotatable bonds is 5. The van der Waals surface area contributed by atoms with Crippen molar-refractivity contribution >= 4 is 17.5 Å². The van der Waals surface area contributed by atoms with Gasteiger partial charge in [-0.15, -0.1) is 0 Å². The molecule has 4 rings (SSSR count). The summed E-state index contributed by atoms with van der Waals surface area (Å²) in [6.07, 6.45) is 8.65. The molecule has 29 heavy (non-hydrogen) atoms. The molecule has 1 aliphatic rings. The lowest BCUT2D eigenvalue weighted by molar-refractivity contribution is 0.0487. The highest BCUT2D eigenvalue weighted by atomic mass is 35.5. The molecule has 1 aromatic carbocycles. The second-order valence-corrected chi connectivity index (χ2v) is 7.89. The lowest BCUT2D eigenvalue weighted by Gasteiger charge is -2.38. The summed E-state index contributed by atoms with van der Waals surface area (Å²) in [5.74, 6) is -0.142. The van der Waals surface area contributed by atoms with Gasteiger partial charge in [0.05, 0.1) is 11.8 Å². The molecule has 1 saturated heterocycles. The molecule has 1 amide bonds. The van der Waals surface area contributed by atoms with E-state index in [0.29, 0.717) is 30.3 Å². The van der Waals surface area contributed by atoms with E-state index >= 15 is 0 Å². The lowest BCUT2D eigenvalue weighted by Crippen LogP contribution is -2.44. The Morgan fingerprint density at radius 1 is 1.21 bits per heavy atom. The van der Waals surface area contributed by atoms with Gasteiger partial charge >= 0.3 is 0 Å². The number of aryl methyl sites for hydroxylation is 1. The van der Waals surface area contributed by atoms with E-state index in [9.17, 15) is 4.79 Å². The van der Waals surface area contributed by atoms with Gasteiger partial charge in [0.15, 0.2) is 0 Å². The Balaban J connectivity index is 1.53. The Bertz CT molecular complexity index is 1010. The molecule has 1 N–H and O–H groups in total. The maximum Gasteiger partial charge on any atom is 0.252 e. The predicted octanol–water partition coefficient (Wildman–Crippen LogP) is 3.61. The van der Waals surface area contributed by atoms with Crippen LogP contribution in [0.15, 0.2) is 55.1 Å². The number of hydrogen-bond acceptors (Lipinski definition) is 4. The number of ether oxygens (including phenoxy) is 1. The summed E-state index contributed by atoms with van der Waals surface area (Å²) in [7, 11) is 1.86. The number of amides is 1. The number of carbonyl (C=O) groups excluding carboxylic acids is 1. The van der Waals surface area contributed by atoms with E-state index in [0.717, 1.165) is 29.5 Å². The second kappa shape index (κ2) is 8.35.